The molecule has 1 N–H and O–H groups in total. The number of hydrogen-bond donors (Lipinski definition) is 1. The van der Waals surface area contributed by atoms with Crippen molar-refractivity contribution in [1.82, 2.24) is 15.2 Å². The smallest absolute Gasteiger partial charge is 0.375 e. The van der Waals surface area contributed by atoms with Gasteiger partial charge in [-0.2, -0.15) is 0 Å². The minimum absolute atomic E-state index is 0.323. The monoisotopic (exact) mass is 205 g/mol. The van der Waals surface area contributed by atoms with E-state index in [1.165, 1.54) is 7.11 Å². The normalized spacial score (nSPS) is 10.2. The quantitative estimate of drug-likeness (QED) is 0.777. The highest BCUT2D eigenvalue weighted by atomic mass is 16.5. The summed E-state index contributed by atoms with van der Waals surface area (Å²) in [7, 11) is 1.52. The lowest BCUT2D eigenvalue weighted by atomic mass is 10.3. The molecule has 2 rings (SSSR count). The molecule has 1 heterocycles. The summed E-state index contributed by atoms with van der Waals surface area (Å²) in [5.74, 6) is -0.928. The van der Waals surface area contributed by atoms with Crippen LogP contribution in [0.2, 0.25) is 0 Å². The highest BCUT2D eigenvalue weighted by Gasteiger charge is 2.08. The van der Waals surface area contributed by atoms with Gasteiger partial charge in [-0.15, -0.1) is 10.2 Å². The molecule has 6 nitrogen and oxygen atoms in total. The Labute approximate surface area is 84.5 Å². The molecule has 0 unspecified atom stereocenters. The Morgan fingerprint density at radius 1 is 1.33 bits per heavy atom. The topological polar surface area (TPSA) is 85.2 Å². The van der Waals surface area contributed by atoms with Gasteiger partial charge in [0.1, 0.15) is 11.3 Å². The number of ether oxygens (including phenoxy) is 1. The summed E-state index contributed by atoms with van der Waals surface area (Å²) in [5.41, 5.74) is 0.975. The van der Waals surface area contributed by atoms with Gasteiger partial charge in [0.15, 0.2) is 0 Å². The second-order valence-electron chi connectivity index (χ2n) is 2.80. The molecule has 0 aliphatic heterocycles. The maximum atomic E-state index is 10.6. The first-order valence-corrected chi connectivity index (χ1v) is 4.12. The van der Waals surface area contributed by atoms with E-state index in [4.69, 9.17) is 9.84 Å². The largest absolute Gasteiger partial charge is 0.497 e. The lowest BCUT2D eigenvalue weighted by Gasteiger charge is -2.00. The van der Waals surface area contributed by atoms with Gasteiger partial charge in [-0.3, -0.25) is 0 Å². The summed E-state index contributed by atoms with van der Waals surface area (Å²) in [6.07, 6.45) is 0. The van der Waals surface area contributed by atoms with Crippen molar-refractivity contribution in [2.45, 2.75) is 0 Å². The number of carboxylic acid groups (broad SMARTS) is 1. The fourth-order valence-corrected chi connectivity index (χ4v) is 1.13. The van der Waals surface area contributed by atoms with Crippen LogP contribution in [0.4, 0.5) is 0 Å². The van der Waals surface area contributed by atoms with Crippen LogP contribution in [0.3, 0.4) is 0 Å². The summed E-state index contributed by atoms with van der Waals surface area (Å²) in [6.45, 7) is 0. The Kier molecular flexibility index (Phi) is 2.17. The van der Waals surface area contributed by atoms with Crippen LogP contribution in [0.25, 0.3) is 11.0 Å². The van der Waals surface area contributed by atoms with Crippen LogP contribution in [0.1, 0.15) is 10.6 Å². The van der Waals surface area contributed by atoms with Crippen molar-refractivity contribution in [3.05, 3.63) is 24.0 Å². The van der Waals surface area contributed by atoms with Crippen molar-refractivity contribution < 1.29 is 14.6 Å². The van der Waals surface area contributed by atoms with E-state index in [1.807, 2.05) is 0 Å². The standard InChI is InChI=1S/C9H7N3O3/c1-15-5-2-3-6-7(4-5)10-8(9(13)14)12-11-6/h2-4H,1H3,(H,13,14). The maximum absolute atomic E-state index is 10.6. The van der Waals surface area contributed by atoms with Gasteiger partial charge in [-0.05, 0) is 12.1 Å². The fourth-order valence-electron chi connectivity index (χ4n) is 1.13. The van der Waals surface area contributed by atoms with Crippen LogP contribution in [-0.2, 0) is 0 Å². The van der Waals surface area contributed by atoms with E-state index in [2.05, 4.69) is 15.2 Å². The number of aromatic carboxylic acids is 1. The predicted octanol–water partition coefficient (Wildman–Crippen LogP) is 0.732. The number of nitrogens with zero attached hydrogens (tertiary/aromatic N) is 3. The van der Waals surface area contributed by atoms with Gasteiger partial charge in [0.25, 0.3) is 5.82 Å². The predicted molar refractivity (Wildman–Crippen MR) is 50.8 cm³/mol. The number of hydrogen-bond acceptors (Lipinski definition) is 5. The number of methoxy groups -OCH3 is 1. The van der Waals surface area contributed by atoms with E-state index in [9.17, 15) is 4.79 Å². The number of carbonyl (C=O) groups is 1. The number of benzene rings is 1. The molecule has 0 spiro atoms. The molecule has 0 atom stereocenters. The summed E-state index contributed by atoms with van der Waals surface area (Å²) in [5, 5.41) is 15.9. The van der Waals surface area contributed by atoms with E-state index < -0.39 is 5.97 Å². The van der Waals surface area contributed by atoms with Crippen molar-refractivity contribution in [2.24, 2.45) is 0 Å². The van der Waals surface area contributed by atoms with Gasteiger partial charge < -0.3 is 9.84 Å². The van der Waals surface area contributed by atoms with Crippen molar-refractivity contribution in [3.63, 3.8) is 0 Å². The van der Waals surface area contributed by atoms with Gasteiger partial charge in [0.2, 0.25) is 0 Å². The third kappa shape index (κ3) is 1.69. The van der Waals surface area contributed by atoms with E-state index in [1.54, 1.807) is 18.2 Å². The van der Waals surface area contributed by atoms with Gasteiger partial charge in [-0.1, -0.05) is 0 Å². The zero-order valence-corrected chi connectivity index (χ0v) is 7.84. The lowest BCUT2D eigenvalue weighted by Crippen LogP contribution is -2.05. The van der Waals surface area contributed by atoms with Gasteiger partial charge >= 0.3 is 5.97 Å². The second kappa shape index (κ2) is 3.49. The summed E-state index contributed by atoms with van der Waals surface area (Å²) >= 11 is 0. The Morgan fingerprint density at radius 2 is 2.13 bits per heavy atom. The Morgan fingerprint density at radius 3 is 2.80 bits per heavy atom. The van der Waals surface area contributed by atoms with Crippen LogP contribution >= 0.6 is 0 Å². The zero-order chi connectivity index (χ0) is 10.8. The average Bonchev–Trinajstić information content (AvgIpc) is 2.27. The number of aromatic nitrogens is 3. The first-order chi connectivity index (χ1) is 7.20. The van der Waals surface area contributed by atoms with E-state index in [0.717, 1.165) is 0 Å². The highest BCUT2D eigenvalue weighted by molar-refractivity contribution is 5.85. The van der Waals surface area contributed by atoms with E-state index >= 15 is 0 Å². The first kappa shape index (κ1) is 9.32. The molecule has 0 amide bonds. The Hall–Kier alpha value is -2.24. The number of fused-ring (bicyclic) bond motifs is 1. The van der Waals surface area contributed by atoms with E-state index in [0.29, 0.717) is 16.8 Å². The molecule has 0 aliphatic carbocycles. The van der Waals surface area contributed by atoms with Crippen LogP contribution in [0.15, 0.2) is 18.2 Å². The average molecular weight is 205 g/mol. The summed E-state index contributed by atoms with van der Waals surface area (Å²) in [4.78, 5) is 14.4. The van der Waals surface area contributed by atoms with E-state index in [-0.39, 0.29) is 5.82 Å². The van der Waals surface area contributed by atoms with Crippen LogP contribution in [0, 0.1) is 0 Å². The van der Waals surface area contributed by atoms with Crippen molar-refractivity contribution in [1.29, 1.82) is 0 Å². The third-order valence-corrected chi connectivity index (χ3v) is 1.85. The molecule has 0 saturated heterocycles. The molecule has 15 heavy (non-hydrogen) atoms. The maximum Gasteiger partial charge on any atom is 0.375 e. The number of rotatable bonds is 2. The van der Waals surface area contributed by atoms with Crippen molar-refractivity contribution in [2.75, 3.05) is 7.11 Å². The molecular weight excluding hydrogens is 198 g/mol. The van der Waals surface area contributed by atoms with Crippen molar-refractivity contribution >= 4 is 17.0 Å². The fraction of sp³-hybridized carbons (Fsp3) is 0.111. The molecule has 76 valence electrons. The molecule has 0 radical (unpaired) electrons. The summed E-state index contributed by atoms with van der Waals surface area (Å²) in [6, 6.07) is 4.98. The second-order valence-corrected chi connectivity index (χ2v) is 2.80. The third-order valence-electron chi connectivity index (χ3n) is 1.85. The molecular formula is C9H7N3O3. The molecule has 1 aromatic heterocycles. The van der Waals surface area contributed by atoms with Crippen molar-refractivity contribution in [3.8, 4) is 5.75 Å². The summed E-state index contributed by atoms with van der Waals surface area (Å²) < 4.78 is 4.99. The molecule has 2 aromatic rings. The highest BCUT2D eigenvalue weighted by Crippen LogP contribution is 2.16. The van der Waals surface area contributed by atoms with Crippen LogP contribution < -0.4 is 4.74 Å². The number of carboxylic acids is 1. The molecule has 0 fully saturated rings. The Balaban J connectivity index is 2.62. The Bertz CT molecular complexity index is 527. The van der Waals surface area contributed by atoms with Crippen LogP contribution in [0.5, 0.6) is 5.75 Å². The zero-order valence-electron chi connectivity index (χ0n) is 7.84. The SMILES string of the molecule is COc1ccc2nnc(C(=O)O)nc2c1. The van der Waals surface area contributed by atoms with Gasteiger partial charge in [0.05, 0.1) is 12.6 Å². The molecule has 0 aliphatic rings. The molecule has 6 heteroatoms. The lowest BCUT2D eigenvalue weighted by molar-refractivity contribution is 0.0682. The minimum atomic E-state index is -1.20. The molecule has 0 bridgehead atoms. The van der Waals surface area contributed by atoms with Crippen LogP contribution in [-0.4, -0.2) is 33.4 Å². The van der Waals surface area contributed by atoms with Gasteiger partial charge in [-0.25, -0.2) is 9.78 Å². The first-order valence-electron chi connectivity index (χ1n) is 4.12. The molecule has 1 aromatic carbocycles. The minimum Gasteiger partial charge on any atom is -0.497 e. The molecule has 0 saturated carbocycles. The van der Waals surface area contributed by atoms with Gasteiger partial charge in [0, 0.05) is 6.07 Å².